The highest BCUT2D eigenvalue weighted by molar-refractivity contribution is 7.14. The number of fused-ring (bicyclic) bond motifs is 1. The maximum Gasteiger partial charge on any atom is 0.348 e. The van der Waals surface area contributed by atoms with Crippen molar-refractivity contribution in [1.29, 1.82) is 0 Å². The Morgan fingerprint density at radius 2 is 2.31 bits per heavy atom. The number of carbonyl (C=O) groups excluding carboxylic acids is 2. The van der Waals surface area contributed by atoms with Gasteiger partial charge in [-0.2, -0.15) is 0 Å². The molecule has 4 nitrogen and oxygen atoms in total. The summed E-state index contributed by atoms with van der Waals surface area (Å²) < 4.78 is 4.64. The van der Waals surface area contributed by atoms with Crippen LogP contribution in [0.1, 0.15) is 20.1 Å². The monoisotopic (exact) mass is 259 g/mol. The molecule has 0 saturated carbocycles. The zero-order chi connectivity index (χ0) is 11.7. The van der Waals surface area contributed by atoms with Gasteiger partial charge in [-0.15, -0.1) is 22.9 Å². The molecule has 0 aromatic carbocycles. The highest BCUT2D eigenvalue weighted by Crippen LogP contribution is 2.31. The first kappa shape index (κ1) is 11.4. The minimum absolute atomic E-state index is 0.00119. The van der Waals surface area contributed by atoms with Crippen molar-refractivity contribution in [1.82, 2.24) is 4.90 Å². The van der Waals surface area contributed by atoms with Crippen LogP contribution in [0.2, 0.25) is 0 Å². The molecule has 0 bridgehead atoms. The summed E-state index contributed by atoms with van der Waals surface area (Å²) in [5, 5.41) is 0. The van der Waals surface area contributed by atoms with Gasteiger partial charge >= 0.3 is 5.97 Å². The summed E-state index contributed by atoms with van der Waals surface area (Å²) in [6.45, 7) is 1.08. The first-order chi connectivity index (χ1) is 7.65. The van der Waals surface area contributed by atoms with Crippen LogP contribution in [0.4, 0.5) is 0 Å². The molecule has 2 heterocycles. The number of hydrogen-bond acceptors (Lipinski definition) is 4. The van der Waals surface area contributed by atoms with Gasteiger partial charge in [0.15, 0.2) is 0 Å². The summed E-state index contributed by atoms with van der Waals surface area (Å²) in [4.78, 5) is 25.9. The lowest BCUT2D eigenvalue weighted by Gasteiger charge is -2.13. The van der Waals surface area contributed by atoms with E-state index in [9.17, 15) is 9.59 Å². The molecule has 0 unspecified atom stereocenters. The molecule has 0 atom stereocenters. The SMILES string of the molecule is COC(=O)c1cc2c(s1)CN(C(=O)CCl)C2. The summed E-state index contributed by atoms with van der Waals surface area (Å²) in [5.41, 5.74) is 1.02. The fourth-order valence-corrected chi connectivity index (χ4v) is 2.91. The standard InChI is InChI=1S/C10H10ClNO3S/c1-15-10(14)7-2-6-4-12(9(13)3-11)5-8(6)16-7/h2H,3-5H2,1H3. The second-order valence-corrected chi connectivity index (χ2v) is 4.84. The molecule has 1 aromatic rings. The number of nitrogens with zero attached hydrogens (tertiary/aromatic N) is 1. The van der Waals surface area contributed by atoms with Gasteiger partial charge in [0.25, 0.3) is 0 Å². The Morgan fingerprint density at radius 3 is 2.88 bits per heavy atom. The van der Waals surface area contributed by atoms with Crippen molar-refractivity contribution in [2.75, 3.05) is 13.0 Å². The highest BCUT2D eigenvalue weighted by Gasteiger charge is 2.26. The van der Waals surface area contributed by atoms with Gasteiger partial charge in [-0.1, -0.05) is 0 Å². The summed E-state index contributed by atoms with van der Waals surface area (Å²) in [6, 6.07) is 1.79. The smallest absolute Gasteiger partial charge is 0.348 e. The first-order valence-electron chi connectivity index (χ1n) is 4.69. The number of esters is 1. The van der Waals surface area contributed by atoms with E-state index in [1.165, 1.54) is 18.4 Å². The van der Waals surface area contributed by atoms with E-state index in [1.54, 1.807) is 11.0 Å². The number of hydrogen-bond donors (Lipinski definition) is 0. The number of carbonyl (C=O) groups is 2. The van der Waals surface area contributed by atoms with Crippen LogP contribution >= 0.6 is 22.9 Å². The quantitative estimate of drug-likeness (QED) is 0.599. The van der Waals surface area contributed by atoms with E-state index in [4.69, 9.17) is 11.6 Å². The second kappa shape index (κ2) is 4.43. The fraction of sp³-hybridized carbons (Fsp3) is 0.400. The normalized spacial score (nSPS) is 13.8. The van der Waals surface area contributed by atoms with Gasteiger partial charge in [0.1, 0.15) is 10.8 Å². The lowest BCUT2D eigenvalue weighted by molar-refractivity contribution is -0.129. The van der Waals surface area contributed by atoms with Crippen molar-refractivity contribution in [2.24, 2.45) is 0 Å². The van der Waals surface area contributed by atoms with Crippen molar-refractivity contribution < 1.29 is 14.3 Å². The van der Waals surface area contributed by atoms with Crippen LogP contribution in [-0.4, -0.2) is 29.8 Å². The van der Waals surface area contributed by atoms with Gasteiger partial charge in [-0.05, 0) is 11.6 Å². The third-order valence-electron chi connectivity index (χ3n) is 2.45. The van der Waals surface area contributed by atoms with E-state index in [0.29, 0.717) is 18.0 Å². The van der Waals surface area contributed by atoms with Gasteiger partial charge in [0, 0.05) is 11.4 Å². The molecule has 0 radical (unpaired) electrons. The predicted molar refractivity (Wildman–Crippen MR) is 60.6 cm³/mol. The molecule has 6 heteroatoms. The molecule has 0 N–H and O–H groups in total. The van der Waals surface area contributed by atoms with Crippen molar-refractivity contribution in [3.8, 4) is 0 Å². The van der Waals surface area contributed by atoms with E-state index < -0.39 is 0 Å². The first-order valence-corrected chi connectivity index (χ1v) is 6.04. The second-order valence-electron chi connectivity index (χ2n) is 3.43. The Hall–Kier alpha value is -1.07. The fourth-order valence-electron chi connectivity index (χ4n) is 1.63. The summed E-state index contributed by atoms with van der Waals surface area (Å²) in [6.07, 6.45) is 0. The number of amides is 1. The van der Waals surface area contributed by atoms with E-state index >= 15 is 0 Å². The van der Waals surface area contributed by atoms with Crippen LogP contribution in [0.25, 0.3) is 0 Å². The molecular weight excluding hydrogens is 250 g/mol. The van der Waals surface area contributed by atoms with Gasteiger partial charge in [-0.3, -0.25) is 4.79 Å². The number of rotatable bonds is 2. The van der Waals surface area contributed by atoms with E-state index in [-0.39, 0.29) is 17.8 Å². The summed E-state index contributed by atoms with van der Waals surface area (Å²) >= 11 is 6.86. The number of ether oxygens (including phenoxy) is 1. The van der Waals surface area contributed by atoms with E-state index in [0.717, 1.165) is 10.4 Å². The largest absolute Gasteiger partial charge is 0.465 e. The summed E-state index contributed by atoms with van der Waals surface area (Å²) in [7, 11) is 1.36. The molecule has 1 aromatic heterocycles. The lowest BCUT2D eigenvalue weighted by atomic mass is 10.3. The minimum atomic E-state index is -0.324. The maximum absolute atomic E-state index is 11.4. The molecule has 0 fully saturated rings. The van der Waals surface area contributed by atoms with Gasteiger partial charge < -0.3 is 9.64 Å². The zero-order valence-electron chi connectivity index (χ0n) is 8.66. The molecule has 1 aliphatic heterocycles. The molecule has 1 aliphatic rings. The Morgan fingerprint density at radius 1 is 1.56 bits per heavy atom. The number of alkyl halides is 1. The molecule has 1 amide bonds. The molecular formula is C10H10ClNO3S. The number of thiophene rings is 1. The molecule has 0 aliphatic carbocycles. The van der Waals surface area contributed by atoms with Crippen LogP contribution in [0.5, 0.6) is 0 Å². The van der Waals surface area contributed by atoms with Crippen LogP contribution in [0, 0.1) is 0 Å². The third-order valence-corrected chi connectivity index (χ3v) is 3.82. The van der Waals surface area contributed by atoms with Gasteiger partial charge in [-0.25, -0.2) is 4.79 Å². The van der Waals surface area contributed by atoms with Crippen molar-refractivity contribution >= 4 is 34.8 Å². The lowest BCUT2D eigenvalue weighted by Crippen LogP contribution is -2.26. The average Bonchev–Trinajstić information content (AvgIpc) is 2.84. The van der Waals surface area contributed by atoms with Crippen LogP contribution in [0.15, 0.2) is 6.07 Å². The number of halogens is 1. The highest BCUT2D eigenvalue weighted by atomic mass is 35.5. The van der Waals surface area contributed by atoms with Crippen molar-refractivity contribution in [3.63, 3.8) is 0 Å². The average molecular weight is 260 g/mol. The Labute approximate surface area is 102 Å². The van der Waals surface area contributed by atoms with Crippen molar-refractivity contribution in [3.05, 3.63) is 21.4 Å². The van der Waals surface area contributed by atoms with Crippen LogP contribution in [0.3, 0.4) is 0 Å². The predicted octanol–water partition coefficient (Wildman–Crippen LogP) is 1.62. The minimum Gasteiger partial charge on any atom is -0.465 e. The molecule has 0 spiro atoms. The Kier molecular flexibility index (Phi) is 3.16. The Balaban J connectivity index is 2.14. The van der Waals surface area contributed by atoms with Gasteiger partial charge in [0.05, 0.1) is 13.7 Å². The molecule has 86 valence electrons. The summed E-state index contributed by atoms with van der Waals surface area (Å²) in [5.74, 6) is -0.405. The van der Waals surface area contributed by atoms with Crippen LogP contribution < -0.4 is 0 Å². The number of methoxy groups -OCH3 is 1. The molecule has 2 rings (SSSR count). The molecule has 16 heavy (non-hydrogen) atoms. The molecule has 0 saturated heterocycles. The van der Waals surface area contributed by atoms with Crippen LogP contribution in [-0.2, 0) is 22.6 Å². The third kappa shape index (κ3) is 1.92. The topological polar surface area (TPSA) is 46.6 Å². The zero-order valence-corrected chi connectivity index (χ0v) is 10.2. The van der Waals surface area contributed by atoms with E-state index in [2.05, 4.69) is 4.74 Å². The van der Waals surface area contributed by atoms with Gasteiger partial charge in [0.2, 0.25) is 5.91 Å². The maximum atomic E-state index is 11.4. The van der Waals surface area contributed by atoms with Crippen molar-refractivity contribution in [2.45, 2.75) is 13.1 Å². The van der Waals surface area contributed by atoms with E-state index in [1.807, 2.05) is 0 Å². The Bertz CT molecular complexity index is 420.